The van der Waals surface area contributed by atoms with E-state index in [1.54, 1.807) is 7.11 Å². The van der Waals surface area contributed by atoms with E-state index in [2.05, 4.69) is 25.1 Å². The van der Waals surface area contributed by atoms with Crippen molar-refractivity contribution < 1.29 is 4.74 Å². The summed E-state index contributed by atoms with van der Waals surface area (Å²) in [5, 5.41) is 0. The number of ether oxygens (including phenoxy) is 1. The lowest BCUT2D eigenvalue weighted by Gasteiger charge is -2.16. The molecule has 1 aliphatic carbocycles. The second kappa shape index (κ2) is 3.86. The van der Waals surface area contributed by atoms with Crippen molar-refractivity contribution in [3.05, 3.63) is 29.3 Å². The first kappa shape index (κ1) is 10.5. The normalized spacial score (nSPS) is 17.5. The van der Waals surface area contributed by atoms with E-state index < -0.39 is 0 Å². The van der Waals surface area contributed by atoms with Crippen molar-refractivity contribution in [1.29, 1.82) is 0 Å². The molecule has 1 saturated carbocycles. The summed E-state index contributed by atoms with van der Waals surface area (Å²) >= 11 is 0. The largest absolute Gasteiger partial charge is 0.496 e. The molecular weight excluding hydrogens is 186 g/mol. The van der Waals surface area contributed by atoms with Gasteiger partial charge < -0.3 is 10.5 Å². The van der Waals surface area contributed by atoms with Crippen molar-refractivity contribution in [2.24, 2.45) is 5.73 Å². The second-order valence-corrected chi connectivity index (χ2v) is 4.50. The standard InChI is InChI=1S/C13H19NO/c1-10-3-4-11(9-12(10)15-2)13(5-6-13)7-8-14/h3-4,9H,5-8,14H2,1-2H3. The Kier molecular flexibility index (Phi) is 2.70. The summed E-state index contributed by atoms with van der Waals surface area (Å²) < 4.78 is 5.36. The number of hydrogen-bond acceptors (Lipinski definition) is 2. The Labute approximate surface area is 91.4 Å². The van der Waals surface area contributed by atoms with Gasteiger partial charge in [-0.1, -0.05) is 12.1 Å². The predicted octanol–water partition coefficient (Wildman–Crippen LogP) is 2.38. The van der Waals surface area contributed by atoms with Crippen LogP contribution in [0.3, 0.4) is 0 Å². The minimum absolute atomic E-state index is 0.371. The van der Waals surface area contributed by atoms with Crippen molar-refractivity contribution in [3.8, 4) is 5.75 Å². The van der Waals surface area contributed by atoms with Crippen LogP contribution in [0.2, 0.25) is 0 Å². The molecule has 0 bridgehead atoms. The third kappa shape index (κ3) is 1.86. The Morgan fingerprint density at radius 2 is 2.13 bits per heavy atom. The predicted molar refractivity (Wildman–Crippen MR) is 62.3 cm³/mol. The fraction of sp³-hybridized carbons (Fsp3) is 0.538. The van der Waals surface area contributed by atoms with Crippen LogP contribution in [0.15, 0.2) is 18.2 Å². The van der Waals surface area contributed by atoms with Gasteiger partial charge in [0.1, 0.15) is 5.75 Å². The fourth-order valence-electron chi connectivity index (χ4n) is 2.26. The second-order valence-electron chi connectivity index (χ2n) is 4.50. The van der Waals surface area contributed by atoms with Crippen LogP contribution in [0.1, 0.15) is 30.4 Å². The van der Waals surface area contributed by atoms with E-state index in [1.165, 1.54) is 24.0 Å². The summed E-state index contributed by atoms with van der Waals surface area (Å²) in [5.41, 5.74) is 8.63. The van der Waals surface area contributed by atoms with Crippen molar-refractivity contribution in [1.82, 2.24) is 0 Å². The Bertz CT molecular complexity index is 356. The molecule has 2 N–H and O–H groups in total. The molecule has 0 spiro atoms. The molecule has 0 radical (unpaired) electrons. The molecule has 2 nitrogen and oxygen atoms in total. The highest BCUT2D eigenvalue weighted by atomic mass is 16.5. The molecule has 0 amide bonds. The van der Waals surface area contributed by atoms with Crippen molar-refractivity contribution >= 4 is 0 Å². The number of nitrogens with two attached hydrogens (primary N) is 1. The van der Waals surface area contributed by atoms with Crippen LogP contribution in [0, 0.1) is 6.92 Å². The third-order valence-corrected chi connectivity index (χ3v) is 3.50. The van der Waals surface area contributed by atoms with E-state index >= 15 is 0 Å². The number of methoxy groups -OCH3 is 1. The number of hydrogen-bond donors (Lipinski definition) is 1. The molecule has 1 aromatic carbocycles. The highest BCUT2D eigenvalue weighted by Gasteiger charge is 2.43. The van der Waals surface area contributed by atoms with Gasteiger partial charge in [0.05, 0.1) is 7.11 Å². The van der Waals surface area contributed by atoms with E-state index in [9.17, 15) is 0 Å². The Balaban J connectivity index is 2.29. The highest BCUT2D eigenvalue weighted by Crippen LogP contribution is 2.51. The van der Waals surface area contributed by atoms with Crippen LogP contribution < -0.4 is 10.5 Å². The lowest BCUT2D eigenvalue weighted by molar-refractivity contribution is 0.410. The summed E-state index contributed by atoms with van der Waals surface area (Å²) in [7, 11) is 1.73. The maximum atomic E-state index is 5.66. The van der Waals surface area contributed by atoms with Crippen molar-refractivity contribution in [2.75, 3.05) is 13.7 Å². The molecule has 0 aromatic heterocycles. The monoisotopic (exact) mass is 205 g/mol. The number of aryl methyl sites for hydroxylation is 1. The lowest BCUT2D eigenvalue weighted by Crippen LogP contribution is -2.13. The quantitative estimate of drug-likeness (QED) is 0.819. The zero-order valence-electron chi connectivity index (χ0n) is 9.55. The molecule has 0 saturated heterocycles. The molecule has 82 valence electrons. The molecule has 2 heteroatoms. The minimum atomic E-state index is 0.371. The van der Waals surface area contributed by atoms with Gasteiger partial charge in [-0.15, -0.1) is 0 Å². The lowest BCUT2D eigenvalue weighted by atomic mass is 9.91. The average molecular weight is 205 g/mol. The summed E-state index contributed by atoms with van der Waals surface area (Å²) in [5.74, 6) is 0.996. The Hall–Kier alpha value is -1.02. The summed E-state index contributed by atoms with van der Waals surface area (Å²) in [6, 6.07) is 6.54. The SMILES string of the molecule is COc1cc(C2(CCN)CC2)ccc1C. The highest BCUT2D eigenvalue weighted by molar-refractivity contribution is 5.42. The van der Waals surface area contributed by atoms with Crippen molar-refractivity contribution in [3.63, 3.8) is 0 Å². The molecule has 1 aliphatic rings. The van der Waals surface area contributed by atoms with Gasteiger partial charge in [-0.3, -0.25) is 0 Å². The first-order valence-corrected chi connectivity index (χ1v) is 5.57. The zero-order chi connectivity index (χ0) is 10.9. The van der Waals surface area contributed by atoms with Crippen LogP contribution in [-0.2, 0) is 5.41 Å². The third-order valence-electron chi connectivity index (χ3n) is 3.50. The first-order chi connectivity index (χ1) is 7.22. The van der Waals surface area contributed by atoms with Gasteiger partial charge in [-0.05, 0) is 55.3 Å². The Morgan fingerprint density at radius 3 is 2.67 bits per heavy atom. The molecule has 0 heterocycles. The van der Waals surface area contributed by atoms with Crippen LogP contribution >= 0.6 is 0 Å². The van der Waals surface area contributed by atoms with Gasteiger partial charge in [0.15, 0.2) is 0 Å². The molecule has 1 fully saturated rings. The first-order valence-electron chi connectivity index (χ1n) is 5.57. The maximum absolute atomic E-state index is 5.66. The molecule has 0 aliphatic heterocycles. The van der Waals surface area contributed by atoms with Gasteiger partial charge in [0.25, 0.3) is 0 Å². The number of rotatable bonds is 4. The molecular formula is C13H19NO. The van der Waals surface area contributed by atoms with Gasteiger partial charge in [0, 0.05) is 0 Å². The van der Waals surface area contributed by atoms with Gasteiger partial charge in [-0.2, -0.15) is 0 Å². The number of benzene rings is 1. The van der Waals surface area contributed by atoms with E-state index in [1.807, 2.05) is 0 Å². The maximum Gasteiger partial charge on any atom is 0.122 e. The Morgan fingerprint density at radius 1 is 1.40 bits per heavy atom. The van der Waals surface area contributed by atoms with E-state index in [4.69, 9.17) is 10.5 Å². The molecule has 2 rings (SSSR count). The summed E-state index contributed by atoms with van der Waals surface area (Å²) in [4.78, 5) is 0. The minimum Gasteiger partial charge on any atom is -0.496 e. The van der Waals surface area contributed by atoms with Gasteiger partial charge in [0.2, 0.25) is 0 Å². The summed E-state index contributed by atoms with van der Waals surface area (Å²) in [6.45, 7) is 2.85. The van der Waals surface area contributed by atoms with Crippen molar-refractivity contribution in [2.45, 2.75) is 31.6 Å². The molecule has 0 unspecified atom stereocenters. The fourth-order valence-corrected chi connectivity index (χ4v) is 2.26. The smallest absolute Gasteiger partial charge is 0.122 e. The van der Waals surface area contributed by atoms with E-state index in [0.717, 1.165) is 18.7 Å². The zero-order valence-corrected chi connectivity index (χ0v) is 9.55. The van der Waals surface area contributed by atoms with E-state index in [0.29, 0.717) is 5.41 Å². The summed E-state index contributed by atoms with van der Waals surface area (Å²) in [6.07, 6.45) is 3.64. The average Bonchev–Trinajstić information content (AvgIpc) is 3.00. The molecule has 1 aromatic rings. The topological polar surface area (TPSA) is 35.2 Å². The van der Waals surface area contributed by atoms with Gasteiger partial charge >= 0.3 is 0 Å². The van der Waals surface area contributed by atoms with Crippen LogP contribution in [0.25, 0.3) is 0 Å². The molecule has 15 heavy (non-hydrogen) atoms. The van der Waals surface area contributed by atoms with Crippen LogP contribution in [0.4, 0.5) is 0 Å². The molecule has 0 atom stereocenters. The van der Waals surface area contributed by atoms with Crippen LogP contribution in [0.5, 0.6) is 5.75 Å². The van der Waals surface area contributed by atoms with Gasteiger partial charge in [-0.25, -0.2) is 0 Å². The van der Waals surface area contributed by atoms with E-state index in [-0.39, 0.29) is 0 Å². The van der Waals surface area contributed by atoms with Crippen LogP contribution in [-0.4, -0.2) is 13.7 Å².